The third kappa shape index (κ3) is 3.74. The summed E-state index contributed by atoms with van der Waals surface area (Å²) in [5, 5.41) is 14.7. The van der Waals surface area contributed by atoms with E-state index in [1.54, 1.807) is 38.3 Å². The Morgan fingerprint density at radius 2 is 1.81 bits per heavy atom. The van der Waals surface area contributed by atoms with Crippen molar-refractivity contribution in [3.8, 4) is 17.5 Å². The molecule has 3 rings (SSSR count). The van der Waals surface area contributed by atoms with Crippen LogP contribution in [0.5, 0.6) is 5.75 Å². The van der Waals surface area contributed by atoms with Gasteiger partial charge in [-0.3, -0.25) is 4.79 Å². The Kier molecular flexibility index (Phi) is 5.33. The van der Waals surface area contributed by atoms with Crippen molar-refractivity contribution in [1.82, 2.24) is 9.78 Å². The van der Waals surface area contributed by atoms with Gasteiger partial charge in [0.15, 0.2) is 0 Å². The standard InChI is InChI=1S/C21H19N3O2S/c1-13-5-6-14(2)19(11-13)27-20-15(3)18(12-22)21(25)24(23-20)16-7-9-17(26-4)10-8-16/h5-11H,1-4H3. The molecule has 0 bridgehead atoms. The van der Waals surface area contributed by atoms with Gasteiger partial charge in [0.25, 0.3) is 5.56 Å². The number of ether oxygens (including phenoxy) is 1. The second-order valence-corrected chi connectivity index (χ2v) is 7.23. The van der Waals surface area contributed by atoms with Gasteiger partial charge >= 0.3 is 0 Å². The zero-order valence-electron chi connectivity index (χ0n) is 15.6. The summed E-state index contributed by atoms with van der Waals surface area (Å²) in [6.45, 7) is 5.82. The molecule has 5 nitrogen and oxygen atoms in total. The normalized spacial score (nSPS) is 10.5. The molecule has 0 aliphatic rings. The molecule has 6 heteroatoms. The molecule has 0 N–H and O–H groups in total. The number of methoxy groups -OCH3 is 1. The van der Waals surface area contributed by atoms with Gasteiger partial charge in [0, 0.05) is 10.5 Å². The summed E-state index contributed by atoms with van der Waals surface area (Å²) < 4.78 is 6.44. The van der Waals surface area contributed by atoms with E-state index in [0.29, 0.717) is 22.0 Å². The van der Waals surface area contributed by atoms with Gasteiger partial charge in [-0.05, 0) is 62.2 Å². The first-order chi connectivity index (χ1) is 12.9. The summed E-state index contributed by atoms with van der Waals surface area (Å²) in [6.07, 6.45) is 0. The lowest BCUT2D eigenvalue weighted by Crippen LogP contribution is -2.25. The van der Waals surface area contributed by atoms with Crippen molar-refractivity contribution in [2.75, 3.05) is 7.11 Å². The monoisotopic (exact) mass is 377 g/mol. The number of hydrogen-bond donors (Lipinski definition) is 0. The lowest BCUT2D eigenvalue weighted by atomic mass is 10.2. The minimum absolute atomic E-state index is 0.105. The van der Waals surface area contributed by atoms with E-state index < -0.39 is 5.56 Å². The van der Waals surface area contributed by atoms with Crippen LogP contribution in [-0.4, -0.2) is 16.9 Å². The molecule has 27 heavy (non-hydrogen) atoms. The van der Waals surface area contributed by atoms with E-state index in [1.165, 1.54) is 16.4 Å². The second-order valence-electron chi connectivity index (χ2n) is 6.20. The fourth-order valence-corrected chi connectivity index (χ4v) is 3.69. The lowest BCUT2D eigenvalue weighted by molar-refractivity contribution is 0.414. The maximum Gasteiger partial charge on any atom is 0.289 e. The average Bonchev–Trinajstić information content (AvgIpc) is 2.67. The topological polar surface area (TPSA) is 67.9 Å². The van der Waals surface area contributed by atoms with Crippen LogP contribution in [0.15, 0.2) is 57.2 Å². The molecule has 0 aliphatic heterocycles. The summed E-state index contributed by atoms with van der Waals surface area (Å²) in [5.74, 6) is 0.685. The van der Waals surface area contributed by atoms with E-state index in [1.807, 2.05) is 19.9 Å². The molecule has 1 heterocycles. The highest BCUT2D eigenvalue weighted by Gasteiger charge is 2.17. The molecule has 0 saturated carbocycles. The number of nitriles is 1. The molecule has 0 radical (unpaired) electrons. The molecule has 2 aromatic carbocycles. The number of rotatable bonds is 4. The predicted octanol–water partition coefficient (Wildman–Crippen LogP) is 4.19. The van der Waals surface area contributed by atoms with Crippen molar-refractivity contribution in [2.45, 2.75) is 30.7 Å². The number of nitrogens with zero attached hydrogens (tertiary/aromatic N) is 3. The first-order valence-corrected chi connectivity index (χ1v) is 9.20. The summed E-state index contributed by atoms with van der Waals surface area (Å²) in [5.41, 5.74) is 3.12. The Balaban J connectivity index is 2.15. The Hall–Kier alpha value is -3.04. The number of aromatic nitrogens is 2. The number of hydrogen-bond acceptors (Lipinski definition) is 5. The average molecular weight is 377 g/mol. The van der Waals surface area contributed by atoms with Gasteiger partial charge in [-0.1, -0.05) is 23.9 Å². The van der Waals surface area contributed by atoms with E-state index in [0.717, 1.165) is 16.0 Å². The van der Waals surface area contributed by atoms with Crippen molar-refractivity contribution in [3.05, 3.63) is 75.1 Å². The first kappa shape index (κ1) is 18.7. The Morgan fingerprint density at radius 1 is 1.11 bits per heavy atom. The second kappa shape index (κ2) is 7.68. The van der Waals surface area contributed by atoms with E-state index in [4.69, 9.17) is 4.74 Å². The van der Waals surface area contributed by atoms with Gasteiger partial charge < -0.3 is 4.74 Å². The fraction of sp³-hybridized carbons (Fsp3) is 0.190. The quantitative estimate of drug-likeness (QED) is 0.682. The molecule has 0 fully saturated rings. The molecule has 1 aromatic heterocycles. The first-order valence-electron chi connectivity index (χ1n) is 8.38. The van der Waals surface area contributed by atoms with Crippen molar-refractivity contribution in [2.24, 2.45) is 0 Å². The van der Waals surface area contributed by atoms with Gasteiger partial charge in [0.05, 0.1) is 12.8 Å². The Bertz CT molecular complexity index is 1100. The maximum atomic E-state index is 12.7. The number of aryl methyl sites for hydroxylation is 2. The van der Waals surface area contributed by atoms with Gasteiger partial charge in [-0.2, -0.15) is 15.0 Å². The van der Waals surface area contributed by atoms with Crippen LogP contribution < -0.4 is 10.3 Å². The van der Waals surface area contributed by atoms with E-state index >= 15 is 0 Å². The lowest BCUT2D eigenvalue weighted by Gasteiger charge is -2.13. The smallest absolute Gasteiger partial charge is 0.289 e. The van der Waals surface area contributed by atoms with E-state index in [2.05, 4.69) is 23.3 Å². The van der Waals surface area contributed by atoms with Crippen LogP contribution in [0.1, 0.15) is 22.3 Å². The summed E-state index contributed by atoms with van der Waals surface area (Å²) in [6, 6.07) is 15.2. The van der Waals surface area contributed by atoms with Crippen molar-refractivity contribution < 1.29 is 4.74 Å². The fourth-order valence-electron chi connectivity index (χ4n) is 2.63. The van der Waals surface area contributed by atoms with Crippen LogP contribution in [0.3, 0.4) is 0 Å². The Morgan fingerprint density at radius 3 is 2.44 bits per heavy atom. The highest BCUT2D eigenvalue weighted by atomic mass is 32.2. The number of benzene rings is 2. The summed E-state index contributed by atoms with van der Waals surface area (Å²) in [7, 11) is 1.58. The van der Waals surface area contributed by atoms with Gasteiger partial charge in [0.1, 0.15) is 22.4 Å². The zero-order valence-corrected chi connectivity index (χ0v) is 16.4. The third-order valence-electron chi connectivity index (χ3n) is 4.27. The summed E-state index contributed by atoms with van der Waals surface area (Å²) in [4.78, 5) is 13.8. The van der Waals surface area contributed by atoms with Crippen molar-refractivity contribution in [1.29, 1.82) is 5.26 Å². The highest BCUT2D eigenvalue weighted by molar-refractivity contribution is 7.99. The molecular weight excluding hydrogens is 358 g/mol. The van der Waals surface area contributed by atoms with Crippen LogP contribution in [0.2, 0.25) is 0 Å². The molecule has 0 spiro atoms. The van der Waals surface area contributed by atoms with Gasteiger partial charge in [-0.15, -0.1) is 0 Å². The minimum atomic E-state index is -0.425. The van der Waals surface area contributed by atoms with Gasteiger partial charge in [-0.25, -0.2) is 0 Å². The zero-order chi connectivity index (χ0) is 19.6. The SMILES string of the molecule is COc1ccc(-n2nc(Sc3cc(C)ccc3C)c(C)c(C#N)c2=O)cc1. The molecule has 0 atom stereocenters. The largest absolute Gasteiger partial charge is 0.497 e. The predicted molar refractivity (Wildman–Crippen MR) is 106 cm³/mol. The molecule has 0 unspecified atom stereocenters. The molecule has 136 valence electrons. The van der Waals surface area contributed by atoms with Crippen LogP contribution in [0.25, 0.3) is 5.69 Å². The van der Waals surface area contributed by atoms with Crippen LogP contribution in [0, 0.1) is 32.1 Å². The molecule has 0 aliphatic carbocycles. The third-order valence-corrected chi connectivity index (χ3v) is 5.51. The van der Waals surface area contributed by atoms with Crippen molar-refractivity contribution >= 4 is 11.8 Å². The van der Waals surface area contributed by atoms with Crippen molar-refractivity contribution in [3.63, 3.8) is 0 Å². The summed E-state index contributed by atoms with van der Waals surface area (Å²) >= 11 is 1.46. The molecule has 0 amide bonds. The molecule has 0 saturated heterocycles. The Labute approximate surface area is 162 Å². The van der Waals surface area contributed by atoms with Crippen LogP contribution >= 0.6 is 11.8 Å². The highest BCUT2D eigenvalue weighted by Crippen LogP contribution is 2.32. The van der Waals surface area contributed by atoms with E-state index in [-0.39, 0.29) is 5.56 Å². The van der Waals surface area contributed by atoms with Gasteiger partial charge in [0.2, 0.25) is 0 Å². The maximum absolute atomic E-state index is 12.7. The van der Waals surface area contributed by atoms with E-state index in [9.17, 15) is 10.1 Å². The minimum Gasteiger partial charge on any atom is -0.497 e. The van der Waals surface area contributed by atoms with Crippen LogP contribution in [0.4, 0.5) is 0 Å². The van der Waals surface area contributed by atoms with Crippen LogP contribution in [-0.2, 0) is 0 Å². The molecule has 3 aromatic rings. The molecular formula is C21H19N3O2S.